The summed E-state index contributed by atoms with van der Waals surface area (Å²) in [5, 5.41) is 0.638. The number of halogens is 2. The van der Waals surface area contributed by atoms with Crippen LogP contribution in [-0.2, 0) is 4.79 Å². The maximum absolute atomic E-state index is 11.9. The largest absolute Gasteiger partial charge is 0.418 e. The molecule has 0 bridgehead atoms. The number of benzene rings is 1. The molecule has 1 atom stereocenters. The predicted molar refractivity (Wildman–Crippen MR) is 71.9 cm³/mol. The first-order chi connectivity index (χ1) is 9.06. The quantitative estimate of drug-likeness (QED) is 0.810. The van der Waals surface area contributed by atoms with Gasteiger partial charge in [0.05, 0.1) is 10.9 Å². The highest BCUT2D eigenvalue weighted by Gasteiger charge is 2.30. The third-order valence-electron chi connectivity index (χ3n) is 3.27. The van der Waals surface area contributed by atoms with E-state index in [1.807, 2.05) is 0 Å². The third-order valence-corrected chi connectivity index (χ3v) is 3.77. The van der Waals surface area contributed by atoms with Gasteiger partial charge in [-0.1, -0.05) is 23.2 Å². The molecule has 4 nitrogen and oxygen atoms in total. The van der Waals surface area contributed by atoms with Crippen LogP contribution in [-0.4, -0.2) is 10.8 Å². The molecule has 1 aromatic carbocycles. The maximum atomic E-state index is 11.9. The molecule has 1 aliphatic carbocycles. The van der Waals surface area contributed by atoms with Crippen LogP contribution in [0.25, 0.3) is 11.1 Å². The molecule has 0 saturated heterocycles. The molecule has 6 heteroatoms. The Balaban J connectivity index is 2.24. The van der Waals surface area contributed by atoms with E-state index in [0.29, 0.717) is 23.4 Å². The van der Waals surface area contributed by atoms with Crippen LogP contribution in [0.5, 0.6) is 0 Å². The molecule has 2 aromatic rings. The van der Waals surface area contributed by atoms with E-state index in [4.69, 9.17) is 27.6 Å². The summed E-state index contributed by atoms with van der Waals surface area (Å²) in [7, 11) is 0. The van der Waals surface area contributed by atoms with Crippen molar-refractivity contribution in [1.82, 2.24) is 4.98 Å². The molecule has 1 saturated carbocycles. The summed E-state index contributed by atoms with van der Waals surface area (Å²) < 4.78 is 5.18. The lowest BCUT2D eigenvalue weighted by atomic mass is 10.0. The van der Waals surface area contributed by atoms with Crippen LogP contribution in [0, 0.1) is 0 Å². The second kappa shape index (κ2) is 4.62. The maximum Gasteiger partial charge on any atom is 0.358 e. The first-order valence-corrected chi connectivity index (χ1v) is 6.64. The van der Waals surface area contributed by atoms with Crippen molar-refractivity contribution in [1.29, 1.82) is 0 Å². The van der Waals surface area contributed by atoms with Crippen LogP contribution in [0.2, 0.25) is 10.0 Å². The Hall–Kier alpha value is -1.39. The van der Waals surface area contributed by atoms with Gasteiger partial charge in [-0.2, -0.15) is 0 Å². The van der Waals surface area contributed by atoms with Gasteiger partial charge >= 0.3 is 5.63 Å². The zero-order valence-corrected chi connectivity index (χ0v) is 11.3. The topological polar surface area (TPSA) is 60.2 Å². The summed E-state index contributed by atoms with van der Waals surface area (Å²) >= 11 is 11.8. The SMILES string of the molecule is O=C1CCCC1c1nc2cc(Cl)cc(Cl)c2oc1=O. The van der Waals surface area contributed by atoms with Crippen LogP contribution in [0.4, 0.5) is 0 Å². The Morgan fingerprint density at radius 2 is 2.05 bits per heavy atom. The van der Waals surface area contributed by atoms with E-state index < -0.39 is 11.5 Å². The van der Waals surface area contributed by atoms with E-state index >= 15 is 0 Å². The van der Waals surface area contributed by atoms with E-state index in [9.17, 15) is 9.59 Å². The van der Waals surface area contributed by atoms with Crippen LogP contribution in [0.3, 0.4) is 0 Å². The lowest BCUT2D eigenvalue weighted by Crippen LogP contribution is -2.18. The van der Waals surface area contributed by atoms with Gasteiger partial charge in [-0.3, -0.25) is 4.79 Å². The van der Waals surface area contributed by atoms with Gasteiger partial charge in [0.1, 0.15) is 17.0 Å². The molecule has 1 aromatic heterocycles. The zero-order chi connectivity index (χ0) is 13.6. The molecule has 1 aliphatic rings. The number of carbonyl (C=O) groups is 1. The van der Waals surface area contributed by atoms with Crippen LogP contribution in [0.15, 0.2) is 21.3 Å². The van der Waals surface area contributed by atoms with E-state index in [1.165, 1.54) is 6.07 Å². The Kier molecular flexibility index (Phi) is 3.07. The Morgan fingerprint density at radius 3 is 2.74 bits per heavy atom. The van der Waals surface area contributed by atoms with Crippen molar-refractivity contribution in [3.63, 3.8) is 0 Å². The fraction of sp³-hybridized carbons (Fsp3) is 0.308. The minimum Gasteiger partial charge on any atom is -0.418 e. The number of hydrogen-bond acceptors (Lipinski definition) is 4. The average molecular weight is 298 g/mol. The summed E-state index contributed by atoms with van der Waals surface area (Å²) in [6.45, 7) is 0. The molecule has 0 N–H and O–H groups in total. The van der Waals surface area contributed by atoms with Crippen molar-refractivity contribution in [3.05, 3.63) is 38.3 Å². The molecule has 19 heavy (non-hydrogen) atoms. The molecular formula is C13H9Cl2NO3. The number of Topliss-reactive ketones (excluding diaryl/α,β-unsaturated/α-hetero) is 1. The van der Waals surface area contributed by atoms with Gasteiger partial charge in [0, 0.05) is 11.4 Å². The second-order valence-electron chi connectivity index (χ2n) is 4.53. The van der Waals surface area contributed by atoms with Crippen LogP contribution >= 0.6 is 23.2 Å². The van der Waals surface area contributed by atoms with Crippen LogP contribution < -0.4 is 5.63 Å². The van der Waals surface area contributed by atoms with Crippen molar-refractivity contribution in [2.75, 3.05) is 0 Å². The van der Waals surface area contributed by atoms with Crippen molar-refractivity contribution < 1.29 is 9.21 Å². The second-order valence-corrected chi connectivity index (χ2v) is 5.38. The molecule has 98 valence electrons. The number of rotatable bonds is 1. The van der Waals surface area contributed by atoms with Crippen molar-refractivity contribution in [3.8, 4) is 0 Å². The van der Waals surface area contributed by atoms with Gasteiger partial charge in [-0.15, -0.1) is 0 Å². The molecule has 3 rings (SSSR count). The van der Waals surface area contributed by atoms with E-state index in [2.05, 4.69) is 4.98 Å². The molecule has 0 amide bonds. The van der Waals surface area contributed by atoms with Gasteiger partial charge < -0.3 is 4.42 Å². The first kappa shape index (κ1) is 12.6. The summed E-state index contributed by atoms with van der Waals surface area (Å²) in [6.07, 6.45) is 1.90. The number of fused-ring (bicyclic) bond motifs is 1. The Bertz CT molecular complexity index is 738. The lowest BCUT2D eigenvalue weighted by molar-refractivity contribution is -0.118. The summed E-state index contributed by atoms with van der Waals surface area (Å²) in [5.74, 6) is -0.425. The summed E-state index contributed by atoms with van der Waals surface area (Å²) in [5.41, 5.74) is 0.155. The van der Waals surface area contributed by atoms with Gasteiger partial charge in [-0.25, -0.2) is 9.78 Å². The first-order valence-electron chi connectivity index (χ1n) is 5.89. The molecule has 1 fully saturated rings. The molecular weight excluding hydrogens is 289 g/mol. The van der Waals surface area contributed by atoms with Crippen molar-refractivity contribution in [2.24, 2.45) is 0 Å². The average Bonchev–Trinajstić information content (AvgIpc) is 2.76. The Morgan fingerprint density at radius 1 is 1.26 bits per heavy atom. The fourth-order valence-electron chi connectivity index (χ4n) is 2.38. The monoisotopic (exact) mass is 297 g/mol. The van der Waals surface area contributed by atoms with E-state index in [1.54, 1.807) is 6.07 Å². The smallest absolute Gasteiger partial charge is 0.358 e. The fourth-order valence-corrected chi connectivity index (χ4v) is 2.90. The highest BCUT2D eigenvalue weighted by molar-refractivity contribution is 6.37. The van der Waals surface area contributed by atoms with E-state index in [0.717, 1.165) is 6.42 Å². The number of aromatic nitrogens is 1. The van der Waals surface area contributed by atoms with Gasteiger partial charge in [0.15, 0.2) is 5.58 Å². The number of ketones is 1. The molecule has 0 radical (unpaired) electrons. The minimum atomic E-state index is -0.600. The number of nitrogens with zero attached hydrogens (tertiary/aromatic N) is 1. The number of carbonyl (C=O) groups excluding carboxylic acids is 1. The molecule has 1 heterocycles. The van der Waals surface area contributed by atoms with Crippen LogP contribution in [0.1, 0.15) is 30.9 Å². The van der Waals surface area contributed by atoms with Crippen molar-refractivity contribution in [2.45, 2.75) is 25.2 Å². The highest BCUT2D eigenvalue weighted by Crippen LogP contribution is 2.31. The zero-order valence-electron chi connectivity index (χ0n) is 9.78. The standard InChI is InChI=1S/C13H9Cl2NO3/c14-6-4-8(15)12-9(5-6)16-11(13(18)19-12)7-2-1-3-10(7)17/h4-5,7H,1-3H2. The van der Waals surface area contributed by atoms with Crippen molar-refractivity contribution >= 4 is 40.1 Å². The minimum absolute atomic E-state index is 0.0345. The van der Waals surface area contributed by atoms with Gasteiger partial charge in [-0.05, 0) is 25.0 Å². The highest BCUT2D eigenvalue weighted by atomic mass is 35.5. The molecule has 0 spiro atoms. The van der Waals surface area contributed by atoms with Gasteiger partial charge in [0.2, 0.25) is 0 Å². The summed E-state index contributed by atoms with van der Waals surface area (Å²) in [4.78, 5) is 27.9. The predicted octanol–water partition coefficient (Wildman–Crippen LogP) is 3.33. The summed E-state index contributed by atoms with van der Waals surface area (Å²) in [6, 6.07) is 3.05. The third kappa shape index (κ3) is 2.15. The lowest BCUT2D eigenvalue weighted by Gasteiger charge is -2.07. The number of hydrogen-bond donors (Lipinski definition) is 0. The molecule has 1 unspecified atom stereocenters. The Labute approximate surface area is 118 Å². The van der Waals surface area contributed by atoms with Gasteiger partial charge in [0.25, 0.3) is 0 Å². The van der Waals surface area contributed by atoms with E-state index in [-0.39, 0.29) is 22.1 Å². The molecule has 0 aliphatic heterocycles. The normalized spacial score (nSPS) is 19.3.